The molecule has 0 radical (unpaired) electrons. The summed E-state index contributed by atoms with van der Waals surface area (Å²) in [6.45, 7) is 16.7. The Balaban J connectivity index is 2.48. The molecule has 0 aliphatic carbocycles. The lowest BCUT2D eigenvalue weighted by atomic mass is 9.97. The van der Waals surface area contributed by atoms with Gasteiger partial charge in [-0.1, -0.05) is 27.7 Å². The molecule has 0 bridgehead atoms. The fraction of sp³-hybridized carbons (Fsp3) is 0.950. The summed E-state index contributed by atoms with van der Waals surface area (Å²) in [7, 11) is 0. The first kappa shape index (κ1) is 20.5. The van der Waals surface area contributed by atoms with Crippen LogP contribution in [0.15, 0.2) is 0 Å². The maximum absolute atomic E-state index is 12.7. The van der Waals surface area contributed by atoms with Crippen LogP contribution in [0.25, 0.3) is 0 Å². The first-order valence-electron chi connectivity index (χ1n) is 9.84. The molecule has 136 valence electrons. The van der Waals surface area contributed by atoms with Gasteiger partial charge in [-0.15, -0.1) is 0 Å². The van der Waals surface area contributed by atoms with Crippen LogP contribution < -0.4 is 0 Å². The second-order valence-corrected chi connectivity index (χ2v) is 8.39. The molecule has 1 heterocycles. The van der Waals surface area contributed by atoms with E-state index < -0.39 is 0 Å². The second-order valence-electron chi connectivity index (χ2n) is 8.39. The Hall–Kier alpha value is -0.570. The lowest BCUT2D eigenvalue weighted by Crippen LogP contribution is -2.48. The van der Waals surface area contributed by atoms with Crippen molar-refractivity contribution >= 4 is 5.91 Å². The quantitative estimate of drug-likeness (QED) is 0.621. The highest BCUT2D eigenvalue weighted by atomic mass is 16.2. The summed E-state index contributed by atoms with van der Waals surface area (Å²) in [6, 6.07) is 0.844. The standard InChI is InChI=1S/C20H40N2O/c1-16(2)10-13-21(14-11-17(3)4)15-12-20(23)22-18(5)8-7-9-19(22)6/h16-19H,7-15H2,1-6H3. The van der Waals surface area contributed by atoms with Gasteiger partial charge < -0.3 is 9.80 Å². The molecular weight excluding hydrogens is 284 g/mol. The van der Waals surface area contributed by atoms with Crippen LogP contribution in [0.4, 0.5) is 0 Å². The molecule has 2 unspecified atom stereocenters. The van der Waals surface area contributed by atoms with E-state index in [4.69, 9.17) is 0 Å². The summed E-state index contributed by atoms with van der Waals surface area (Å²) in [5.74, 6) is 1.83. The van der Waals surface area contributed by atoms with E-state index in [0.717, 1.165) is 31.5 Å². The van der Waals surface area contributed by atoms with Gasteiger partial charge in [0, 0.05) is 25.0 Å². The van der Waals surface area contributed by atoms with E-state index in [2.05, 4.69) is 51.3 Å². The number of amides is 1. The normalized spacial score (nSPS) is 22.4. The zero-order valence-corrected chi connectivity index (χ0v) is 16.5. The summed E-state index contributed by atoms with van der Waals surface area (Å²) in [5, 5.41) is 0. The molecule has 0 aromatic heterocycles. The van der Waals surface area contributed by atoms with Crippen LogP contribution in [-0.2, 0) is 4.79 Å². The minimum Gasteiger partial charge on any atom is -0.337 e. The molecule has 0 aromatic carbocycles. The number of nitrogens with zero attached hydrogens (tertiary/aromatic N) is 2. The van der Waals surface area contributed by atoms with Crippen LogP contribution in [0.5, 0.6) is 0 Å². The topological polar surface area (TPSA) is 23.6 Å². The fourth-order valence-electron chi connectivity index (χ4n) is 3.51. The van der Waals surface area contributed by atoms with Crippen molar-refractivity contribution in [2.45, 2.75) is 92.2 Å². The molecule has 0 aromatic rings. The maximum atomic E-state index is 12.7. The average Bonchev–Trinajstić information content (AvgIpc) is 2.45. The summed E-state index contributed by atoms with van der Waals surface area (Å²) in [5.41, 5.74) is 0. The Morgan fingerprint density at radius 3 is 1.87 bits per heavy atom. The molecule has 3 heteroatoms. The van der Waals surface area contributed by atoms with Crippen LogP contribution >= 0.6 is 0 Å². The summed E-state index contributed by atoms with van der Waals surface area (Å²) >= 11 is 0. The monoisotopic (exact) mass is 324 g/mol. The molecule has 0 spiro atoms. The summed E-state index contributed by atoms with van der Waals surface area (Å²) in [4.78, 5) is 17.4. The molecule has 1 saturated heterocycles. The number of carbonyl (C=O) groups excluding carboxylic acids is 1. The van der Waals surface area contributed by atoms with Crippen LogP contribution in [0, 0.1) is 11.8 Å². The highest BCUT2D eigenvalue weighted by Gasteiger charge is 2.28. The summed E-state index contributed by atoms with van der Waals surface area (Å²) in [6.07, 6.45) is 6.73. The Bertz CT molecular complexity index is 319. The van der Waals surface area contributed by atoms with E-state index in [1.165, 1.54) is 32.1 Å². The van der Waals surface area contributed by atoms with Gasteiger partial charge in [0.05, 0.1) is 0 Å². The van der Waals surface area contributed by atoms with Gasteiger partial charge in [-0.05, 0) is 70.9 Å². The maximum Gasteiger partial charge on any atom is 0.224 e. The van der Waals surface area contributed by atoms with Gasteiger partial charge in [0.2, 0.25) is 5.91 Å². The van der Waals surface area contributed by atoms with Crippen LogP contribution in [0.2, 0.25) is 0 Å². The van der Waals surface area contributed by atoms with Crippen molar-refractivity contribution in [2.75, 3.05) is 19.6 Å². The SMILES string of the molecule is CC(C)CCN(CCC(=O)N1C(C)CCCC1C)CCC(C)C. The largest absolute Gasteiger partial charge is 0.337 e. The van der Waals surface area contributed by atoms with E-state index in [1.54, 1.807) is 0 Å². The minimum absolute atomic E-state index is 0.365. The molecule has 23 heavy (non-hydrogen) atoms. The third-order valence-corrected chi connectivity index (χ3v) is 5.17. The first-order chi connectivity index (χ1) is 10.8. The van der Waals surface area contributed by atoms with Crippen LogP contribution in [-0.4, -0.2) is 47.4 Å². The third-order valence-electron chi connectivity index (χ3n) is 5.17. The van der Waals surface area contributed by atoms with Crippen molar-refractivity contribution in [3.05, 3.63) is 0 Å². The molecule has 2 atom stereocenters. The second kappa shape index (κ2) is 10.3. The number of rotatable bonds is 9. The number of hydrogen-bond donors (Lipinski definition) is 0. The minimum atomic E-state index is 0.365. The van der Waals surface area contributed by atoms with Crippen LogP contribution in [0.1, 0.15) is 80.1 Å². The Kier molecular flexibility index (Phi) is 9.19. The molecule has 1 aliphatic heterocycles. The Morgan fingerprint density at radius 1 is 0.957 bits per heavy atom. The zero-order valence-electron chi connectivity index (χ0n) is 16.5. The Labute approximate surface area is 144 Å². The number of piperidine rings is 1. The van der Waals surface area contributed by atoms with E-state index in [-0.39, 0.29) is 0 Å². The van der Waals surface area contributed by atoms with E-state index in [0.29, 0.717) is 24.4 Å². The highest BCUT2D eigenvalue weighted by Crippen LogP contribution is 2.23. The smallest absolute Gasteiger partial charge is 0.224 e. The Morgan fingerprint density at radius 2 is 1.43 bits per heavy atom. The fourth-order valence-corrected chi connectivity index (χ4v) is 3.51. The lowest BCUT2D eigenvalue weighted by molar-refractivity contribution is -0.137. The molecule has 1 rings (SSSR count). The van der Waals surface area contributed by atoms with Gasteiger partial charge in [0.25, 0.3) is 0 Å². The van der Waals surface area contributed by atoms with Crippen molar-refractivity contribution in [1.82, 2.24) is 9.80 Å². The first-order valence-corrected chi connectivity index (χ1v) is 9.84. The third kappa shape index (κ3) is 7.69. The van der Waals surface area contributed by atoms with Gasteiger partial charge in [0.1, 0.15) is 0 Å². The van der Waals surface area contributed by atoms with E-state index in [9.17, 15) is 4.79 Å². The zero-order chi connectivity index (χ0) is 17.4. The van der Waals surface area contributed by atoms with Crippen molar-refractivity contribution in [3.63, 3.8) is 0 Å². The predicted molar refractivity (Wildman–Crippen MR) is 99.6 cm³/mol. The number of hydrogen-bond acceptors (Lipinski definition) is 2. The van der Waals surface area contributed by atoms with Crippen molar-refractivity contribution < 1.29 is 4.79 Å². The summed E-state index contributed by atoms with van der Waals surface area (Å²) < 4.78 is 0. The van der Waals surface area contributed by atoms with Gasteiger partial charge in [-0.25, -0.2) is 0 Å². The number of carbonyl (C=O) groups is 1. The van der Waals surface area contributed by atoms with Crippen molar-refractivity contribution in [1.29, 1.82) is 0 Å². The molecule has 0 N–H and O–H groups in total. The lowest BCUT2D eigenvalue weighted by Gasteiger charge is -2.39. The number of likely N-dealkylation sites (tertiary alicyclic amines) is 1. The van der Waals surface area contributed by atoms with Crippen LogP contribution in [0.3, 0.4) is 0 Å². The van der Waals surface area contributed by atoms with Gasteiger partial charge in [0.15, 0.2) is 0 Å². The molecule has 1 amide bonds. The van der Waals surface area contributed by atoms with Crippen molar-refractivity contribution in [2.24, 2.45) is 11.8 Å². The average molecular weight is 325 g/mol. The molecular formula is C20H40N2O. The molecule has 0 saturated carbocycles. The van der Waals surface area contributed by atoms with Gasteiger partial charge in [-0.3, -0.25) is 4.79 Å². The van der Waals surface area contributed by atoms with Crippen molar-refractivity contribution in [3.8, 4) is 0 Å². The van der Waals surface area contributed by atoms with E-state index >= 15 is 0 Å². The molecule has 3 nitrogen and oxygen atoms in total. The van der Waals surface area contributed by atoms with Gasteiger partial charge >= 0.3 is 0 Å². The molecule has 1 aliphatic rings. The van der Waals surface area contributed by atoms with Gasteiger partial charge in [-0.2, -0.15) is 0 Å². The van der Waals surface area contributed by atoms with E-state index in [1.807, 2.05) is 0 Å². The predicted octanol–water partition coefficient (Wildman–Crippen LogP) is 4.56. The highest BCUT2D eigenvalue weighted by molar-refractivity contribution is 5.77. The molecule has 1 fully saturated rings.